The second-order valence-corrected chi connectivity index (χ2v) is 4.53. The maximum atomic E-state index is 5.66. The van der Waals surface area contributed by atoms with Crippen molar-refractivity contribution in [3.05, 3.63) is 29.8 Å². The summed E-state index contributed by atoms with van der Waals surface area (Å²) in [5.74, 6) is 1.68. The molecule has 1 aliphatic heterocycles. The summed E-state index contributed by atoms with van der Waals surface area (Å²) < 4.78 is 5.66. The lowest BCUT2D eigenvalue weighted by molar-refractivity contribution is 0.264. The zero-order chi connectivity index (χ0) is 11.9. The molecule has 0 aliphatic carbocycles. The number of benzene rings is 1. The number of hydrogen-bond donors (Lipinski definition) is 2. The Morgan fingerprint density at radius 3 is 3.06 bits per heavy atom. The smallest absolute Gasteiger partial charge is 0.122 e. The van der Waals surface area contributed by atoms with Crippen molar-refractivity contribution < 1.29 is 4.74 Å². The Labute approximate surface area is 104 Å². The minimum atomic E-state index is 0.606. The highest BCUT2D eigenvalue weighted by molar-refractivity contribution is 5.37. The Kier molecular flexibility index (Phi) is 4.83. The lowest BCUT2D eigenvalue weighted by Crippen LogP contribution is -2.27. The Morgan fingerprint density at radius 1 is 1.29 bits per heavy atom. The lowest BCUT2D eigenvalue weighted by Gasteiger charge is -2.26. The molecule has 1 aromatic rings. The minimum Gasteiger partial charge on any atom is -0.493 e. The average molecular weight is 234 g/mol. The van der Waals surface area contributed by atoms with Crippen molar-refractivity contribution in [1.29, 1.82) is 0 Å². The molecule has 3 heteroatoms. The number of hydrogen-bond acceptors (Lipinski definition) is 3. The molecule has 0 saturated carbocycles. The van der Waals surface area contributed by atoms with E-state index in [0.29, 0.717) is 5.92 Å². The summed E-state index contributed by atoms with van der Waals surface area (Å²) in [6.45, 7) is 4.07. The summed E-state index contributed by atoms with van der Waals surface area (Å²) in [4.78, 5) is 0. The summed E-state index contributed by atoms with van der Waals surface area (Å²) in [6, 6.07) is 8.40. The van der Waals surface area contributed by atoms with Gasteiger partial charge in [-0.1, -0.05) is 18.2 Å². The molecule has 3 nitrogen and oxygen atoms in total. The van der Waals surface area contributed by atoms with Gasteiger partial charge in [0.1, 0.15) is 5.75 Å². The molecule has 0 bridgehead atoms. The minimum absolute atomic E-state index is 0.606. The van der Waals surface area contributed by atoms with Crippen LogP contribution in [-0.4, -0.2) is 33.3 Å². The van der Waals surface area contributed by atoms with E-state index in [4.69, 9.17) is 4.74 Å². The normalized spacial score (nSPS) is 18.5. The van der Waals surface area contributed by atoms with Crippen molar-refractivity contribution in [3.63, 3.8) is 0 Å². The fourth-order valence-electron chi connectivity index (χ4n) is 2.29. The highest BCUT2D eigenvalue weighted by Gasteiger charge is 2.20. The Balaban J connectivity index is 1.82. The van der Waals surface area contributed by atoms with Crippen molar-refractivity contribution in [1.82, 2.24) is 10.6 Å². The highest BCUT2D eigenvalue weighted by atomic mass is 16.5. The molecule has 17 heavy (non-hydrogen) atoms. The monoisotopic (exact) mass is 234 g/mol. The van der Waals surface area contributed by atoms with Crippen LogP contribution in [0, 0.1) is 0 Å². The molecule has 0 saturated heterocycles. The molecular formula is C14H22N2O. The van der Waals surface area contributed by atoms with Gasteiger partial charge in [-0.15, -0.1) is 0 Å². The number of rotatable bonds is 6. The van der Waals surface area contributed by atoms with Crippen LogP contribution in [0.25, 0.3) is 0 Å². The maximum Gasteiger partial charge on any atom is 0.122 e. The molecule has 2 N–H and O–H groups in total. The molecule has 94 valence electrons. The van der Waals surface area contributed by atoms with Gasteiger partial charge in [0.15, 0.2) is 0 Å². The summed E-state index contributed by atoms with van der Waals surface area (Å²) in [5.41, 5.74) is 1.36. The zero-order valence-electron chi connectivity index (χ0n) is 10.5. The van der Waals surface area contributed by atoms with E-state index in [0.717, 1.165) is 38.4 Å². The number of para-hydroxylation sites is 1. The van der Waals surface area contributed by atoms with E-state index in [9.17, 15) is 0 Å². The van der Waals surface area contributed by atoms with E-state index < -0.39 is 0 Å². The van der Waals surface area contributed by atoms with Crippen molar-refractivity contribution in [3.8, 4) is 5.75 Å². The van der Waals surface area contributed by atoms with Crippen LogP contribution in [0.5, 0.6) is 5.75 Å². The summed E-state index contributed by atoms with van der Waals surface area (Å²) >= 11 is 0. The van der Waals surface area contributed by atoms with Gasteiger partial charge in [-0.2, -0.15) is 0 Å². The lowest BCUT2D eigenvalue weighted by atomic mass is 9.93. The fraction of sp³-hybridized carbons (Fsp3) is 0.571. The van der Waals surface area contributed by atoms with Crippen LogP contribution in [0.2, 0.25) is 0 Å². The molecule has 1 heterocycles. The van der Waals surface area contributed by atoms with Crippen molar-refractivity contribution in [2.75, 3.05) is 33.3 Å². The SMILES string of the molecule is CNCCCNCC1CCOc2ccccc21. The van der Waals surface area contributed by atoms with Gasteiger partial charge in [-0.3, -0.25) is 0 Å². The standard InChI is InChI=1S/C14H22N2O/c1-15-8-4-9-16-11-12-7-10-17-14-6-3-2-5-13(12)14/h2-3,5-6,12,15-16H,4,7-11H2,1H3. The van der Waals surface area contributed by atoms with E-state index >= 15 is 0 Å². The number of nitrogens with one attached hydrogen (secondary N) is 2. The van der Waals surface area contributed by atoms with E-state index in [1.165, 1.54) is 12.0 Å². The molecule has 1 unspecified atom stereocenters. The Hall–Kier alpha value is -1.06. The number of fused-ring (bicyclic) bond motifs is 1. The molecule has 0 radical (unpaired) electrons. The maximum absolute atomic E-state index is 5.66. The van der Waals surface area contributed by atoms with Gasteiger partial charge in [0.25, 0.3) is 0 Å². The van der Waals surface area contributed by atoms with Gasteiger partial charge in [0, 0.05) is 12.5 Å². The van der Waals surface area contributed by atoms with Crippen molar-refractivity contribution in [2.24, 2.45) is 0 Å². The van der Waals surface area contributed by atoms with Crippen LogP contribution in [0.15, 0.2) is 24.3 Å². The van der Waals surface area contributed by atoms with Crippen LogP contribution in [0.4, 0.5) is 0 Å². The predicted molar refractivity (Wildman–Crippen MR) is 70.7 cm³/mol. The average Bonchev–Trinajstić information content (AvgIpc) is 2.39. The van der Waals surface area contributed by atoms with E-state index in [1.807, 2.05) is 13.1 Å². The number of ether oxygens (including phenoxy) is 1. The van der Waals surface area contributed by atoms with Gasteiger partial charge in [-0.05, 0) is 44.6 Å². The first-order valence-corrected chi connectivity index (χ1v) is 6.49. The summed E-state index contributed by atoms with van der Waals surface area (Å²) in [6.07, 6.45) is 2.30. The van der Waals surface area contributed by atoms with E-state index in [1.54, 1.807) is 0 Å². The molecule has 0 aromatic heterocycles. The van der Waals surface area contributed by atoms with Gasteiger partial charge in [0.2, 0.25) is 0 Å². The molecule has 1 atom stereocenters. The Bertz CT molecular complexity index is 341. The van der Waals surface area contributed by atoms with Crippen LogP contribution < -0.4 is 15.4 Å². The third-order valence-corrected chi connectivity index (χ3v) is 3.25. The zero-order valence-corrected chi connectivity index (χ0v) is 10.5. The van der Waals surface area contributed by atoms with E-state index in [2.05, 4.69) is 28.8 Å². The summed E-state index contributed by atoms with van der Waals surface area (Å²) in [7, 11) is 1.99. The first-order valence-electron chi connectivity index (χ1n) is 6.49. The first kappa shape index (κ1) is 12.4. The third kappa shape index (κ3) is 3.45. The molecule has 2 rings (SSSR count). The van der Waals surface area contributed by atoms with E-state index in [-0.39, 0.29) is 0 Å². The fourth-order valence-corrected chi connectivity index (χ4v) is 2.29. The van der Waals surface area contributed by atoms with Crippen LogP contribution in [0.1, 0.15) is 24.3 Å². The molecule has 0 spiro atoms. The second kappa shape index (κ2) is 6.62. The predicted octanol–water partition coefficient (Wildman–Crippen LogP) is 1.75. The quantitative estimate of drug-likeness (QED) is 0.736. The molecular weight excluding hydrogens is 212 g/mol. The molecule has 1 aromatic carbocycles. The highest BCUT2D eigenvalue weighted by Crippen LogP contribution is 2.32. The molecule has 0 amide bonds. The van der Waals surface area contributed by atoms with Gasteiger partial charge in [0.05, 0.1) is 6.61 Å². The topological polar surface area (TPSA) is 33.3 Å². The first-order chi connectivity index (χ1) is 8.42. The molecule has 1 aliphatic rings. The van der Waals surface area contributed by atoms with Crippen molar-refractivity contribution in [2.45, 2.75) is 18.8 Å². The van der Waals surface area contributed by atoms with Crippen molar-refractivity contribution >= 4 is 0 Å². The Morgan fingerprint density at radius 2 is 2.18 bits per heavy atom. The van der Waals surface area contributed by atoms with Crippen LogP contribution >= 0.6 is 0 Å². The van der Waals surface area contributed by atoms with Crippen LogP contribution in [0.3, 0.4) is 0 Å². The van der Waals surface area contributed by atoms with Gasteiger partial charge < -0.3 is 15.4 Å². The van der Waals surface area contributed by atoms with Gasteiger partial charge >= 0.3 is 0 Å². The van der Waals surface area contributed by atoms with Crippen LogP contribution in [-0.2, 0) is 0 Å². The molecule has 0 fully saturated rings. The third-order valence-electron chi connectivity index (χ3n) is 3.25. The van der Waals surface area contributed by atoms with Gasteiger partial charge in [-0.25, -0.2) is 0 Å². The summed E-state index contributed by atoms with van der Waals surface area (Å²) in [5, 5.41) is 6.70. The largest absolute Gasteiger partial charge is 0.493 e. The second-order valence-electron chi connectivity index (χ2n) is 4.53.